The van der Waals surface area contributed by atoms with Gasteiger partial charge in [0.05, 0.1) is 25.9 Å². The van der Waals surface area contributed by atoms with Crippen LogP contribution < -0.4 is 4.74 Å². The van der Waals surface area contributed by atoms with Crippen molar-refractivity contribution >= 4 is 8.32 Å². The minimum Gasteiger partial charge on any atom is -0.497 e. The minimum atomic E-state index is -1.96. The van der Waals surface area contributed by atoms with Gasteiger partial charge in [-0.1, -0.05) is 58.9 Å². The van der Waals surface area contributed by atoms with Crippen molar-refractivity contribution in [1.29, 1.82) is 0 Å². The van der Waals surface area contributed by atoms with E-state index >= 15 is 0 Å². The van der Waals surface area contributed by atoms with Crippen molar-refractivity contribution in [2.45, 2.75) is 84.9 Å². The molecule has 0 spiro atoms. The fraction of sp³-hybridized carbons (Fsp3) is 0.667. The smallest absolute Gasteiger partial charge is 0.192 e. The third-order valence-electron chi connectivity index (χ3n) is 6.16. The predicted octanol–water partition coefficient (Wildman–Crippen LogP) is 5.96. The molecule has 166 valence electrons. The largest absolute Gasteiger partial charge is 0.497 e. The molecule has 0 radical (unpaired) electrons. The van der Waals surface area contributed by atoms with Crippen LogP contribution in [0.25, 0.3) is 0 Å². The Kier molecular flexibility index (Phi) is 9.60. The van der Waals surface area contributed by atoms with Crippen LogP contribution in [0.1, 0.15) is 53.5 Å². The lowest BCUT2D eigenvalue weighted by Crippen LogP contribution is -2.51. The van der Waals surface area contributed by atoms with E-state index in [0.29, 0.717) is 13.0 Å². The van der Waals surface area contributed by atoms with Gasteiger partial charge >= 0.3 is 0 Å². The molecule has 29 heavy (non-hydrogen) atoms. The van der Waals surface area contributed by atoms with E-state index in [1.807, 2.05) is 31.2 Å². The SMILES string of the molecule is C/C=C/[C@@H](O[Si](C)(C)C(C)(C)C)C(C)(C)[C@H](CCO)OCc1ccc(OC)cc1. The highest BCUT2D eigenvalue weighted by Gasteiger charge is 2.44. The van der Waals surface area contributed by atoms with E-state index in [1.165, 1.54) is 0 Å². The van der Waals surface area contributed by atoms with E-state index in [4.69, 9.17) is 13.9 Å². The molecule has 1 rings (SSSR count). The zero-order chi connectivity index (χ0) is 22.3. The third-order valence-corrected chi connectivity index (χ3v) is 10.6. The van der Waals surface area contributed by atoms with Gasteiger partial charge in [-0.05, 0) is 49.2 Å². The average Bonchev–Trinajstić information content (AvgIpc) is 2.64. The summed E-state index contributed by atoms with van der Waals surface area (Å²) in [6, 6.07) is 7.90. The molecule has 0 aromatic heterocycles. The summed E-state index contributed by atoms with van der Waals surface area (Å²) in [5.74, 6) is 0.830. The number of rotatable bonds is 11. The summed E-state index contributed by atoms with van der Waals surface area (Å²) in [5, 5.41) is 9.82. The first-order chi connectivity index (χ1) is 13.4. The highest BCUT2D eigenvalue weighted by molar-refractivity contribution is 6.74. The molecule has 0 saturated carbocycles. The Morgan fingerprint density at radius 2 is 1.66 bits per heavy atom. The van der Waals surface area contributed by atoms with Gasteiger partial charge in [-0.15, -0.1) is 0 Å². The summed E-state index contributed by atoms with van der Waals surface area (Å²) in [6.45, 7) is 18.3. The van der Waals surface area contributed by atoms with Gasteiger partial charge in [0.2, 0.25) is 0 Å². The van der Waals surface area contributed by atoms with Gasteiger partial charge in [0.1, 0.15) is 5.75 Å². The zero-order valence-corrected chi connectivity index (χ0v) is 20.9. The van der Waals surface area contributed by atoms with Gasteiger partial charge in [0.25, 0.3) is 0 Å². The number of aliphatic hydroxyl groups excluding tert-OH is 1. The van der Waals surface area contributed by atoms with Crippen molar-refractivity contribution in [3.63, 3.8) is 0 Å². The van der Waals surface area contributed by atoms with Gasteiger partial charge < -0.3 is 19.0 Å². The molecule has 1 aromatic rings. The number of aliphatic hydroxyl groups is 1. The molecule has 0 heterocycles. The molecule has 1 N–H and O–H groups in total. The van der Waals surface area contributed by atoms with Gasteiger partial charge in [0, 0.05) is 12.0 Å². The topological polar surface area (TPSA) is 47.9 Å². The second-order valence-corrected chi connectivity index (χ2v) is 14.6. The molecule has 0 saturated heterocycles. The van der Waals surface area contributed by atoms with Crippen molar-refractivity contribution < 1.29 is 19.0 Å². The maximum absolute atomic E-state index is 9.69. The summed E-state index contributed by atoms with van der Waals surface area (Å²) < 4.78 is 18.4. The standard InChI is InChI=1S/C24H42O4Si/c1-10-11-22(28-29(8,9)23(2,3)4)24(5,6)21(16-17-25)27-18-19-12-14-20(26-7)15-13-19/h10-15,21-22,25H,16-18H2,1-9H3/b11-10+/t21-,22+/m0/s1. The summed E-state index contributed by atoms with van der Waals surface area (Å²) in [4.78, 5) is 0. The van der Waals surface area contributed by atoms with Crippen molar-refractivity contribution in [1.82, 2.24) is 0 Å². The van der Waals surface area contributed by atoms with Crippen molar-refractivity contribution in [3.8, 4) is 5.75 Å². The van der Waals surface area contributed by atoms with E-state index in [0.717, 1.165) is 11.3 Å². The molecule has 0 unspecified atom stereocenters. The van der Waals surface area contributed by atoms with Crippen LogP contribution in [0, 0.1) is 5.41 Å². The van der Waals surface area contributed by atoms with Gasteiger partial charge in [-0.25, -0.2) is 0 Å². The number of hydrogen-bond acceptors (Lipinski definition) is 4. The van der Waals surface area contributed by atoms with E-state index in [-0.39, 0.29) is 29.3 Å². The Labute approximate surface area is 179 Å². The monoisotopic (exact) mass is 422 g/mol. The maximum Gasteiger partial charge on any atom is 0.192 e. The number of methoxy groups -OCH3 is 1. The molecule has 0 fully saturated rings. The van der Waals surface area contributed by atoms with E-state index in [1.54, 1.807) is 7.11 Å². The van der Waals surface area contributed by atoms with Gasteiger partial charge in [0.15, 0.2) is 8.32 Å². The van der Waals surface area contributed by atoms with Crippen molar-refractivity contribution in [2.75, 3.05) is 13.7 Å². The third kappa shape index (κ3) is 7.25. The summed E-state index contributed by atoms with van der Waals surface area (Å²) >= 11 is 0. The molecular formula is C24H42O4Si. The first-order valence-corrected chi connectivity index (χ1v) is 13.5. The van der Waals surface area contributed by atoms with Crippen LogP contribution in [0.2, 0.25) is 18.1 Å². The second-order valence-electron chi connectivity index (χ2n) is 9.81. The molecule has 0 bridgehead atoms. The number of benzene rings is 1. The highest BCUT2D eigenvalue weighted by Crippen LogP contribution is 2.42. The van der Waals surface area contributed by atoms with Gasteiger partial charge in [-0.3, -0.25) is 0 Å². The van der Waals surface area contributed by atoms with Gasteiger partial charge in [-0.2, -0.15) is 0 Å². The summed E-state index contributed by atoms with van der Waals surface area (Å²) in [5.41, 5.74) is 0.787. The lowest BCUT2D eigenvalue weighted by molar-refractivity contribution is -0.0830. The van der Waals surface area contributed by atoms with Crippen LogP contribution in [0.3, 0.4) is 0 Å². The Hall–Kier alpha value is -1.14. The molecule has 2 atom stereocenters. The zero-order valence-electron chi connectivity index (χ0n) is 19.9. The maximum atomic E-state index is 9.69. The first kappa shape index (κ1) is 25.9. The predicted molar refractivity (Wildman–Crippen MR) is 124 cm³/mol. The van der Waals surface area contributed by atoms with Crippen LogP contribution in [0.4, 0.5) is 0 Å². The number of hydrogen-bond donors (Lipinski definition) is 1. The fourth-order valence-corrected chi connectivity index (χ4v) is 4.37. The molecule has 1 aromatic carbocycles. The highest BCUT2D eigenvalue weighted by atomic mass is 28.4. The first-order valence-electron chi connectivity index (χ1n) is 10.5. The van der Waals surface area contributed by atoms with Crippen LogP contribution in [0.5, 0.6) is 5.75 Å². The van der Waals surface area contributed by atoms with Crippen LogP contribution >= 0.6 is 0 Å². The molecule has 0 aliphatic heterocycles. The van der Waals surface area contributed by atoms with E-state index in [2.05, 4.69) is 59.9 Å². The van der Waals surface area contributed by atoms with Crippen molar-refractivity contribution in [2.24, 2.45) is 5.41 Å². The summed E-state index contributed by atoms with van der Waals surface area (Å²) in [7, 11) is -0.303. The number of allylic oxidation sites excluding steroid dienone is 1. The Balaban J connectivity index is 3.03. The van der Waals surface area contributed by atoms with E-state index < -0.39 is 8.32 Å². The molecule has 0 aliphatic rings. The van der Waals surface area contributed by atoms with E-state index in [9.17, 15) is 5.11 Å². The molecule has 4 nitrogen and oxygen atoms in total. The lowest BCUT2D eigenvalue weighted by atomic mass is 9.79. The van der Waals surface area contributed by atoms with Crippen LogP contribution in [0.15, 0.2) is 36.4 Å². The lowest BCUT2D eigenvalue weighted by Gasteiger charge is -2.46. The number of ether oxygens (including phenoxy) is 2. The normalized spacial score (nSPS) is 15.5. The molecular weight excluding hydrogens is 380 g/mol. The second kappa shape index (κ2) is 10.8. The quantitative estimate of drug-likeness (QED) is 0.353. The molecule has 0 amide bonds. The molecule has 0 aliphatic carbocycles. The fourth-order valence-electron chi connectivity index (χ4n) is 3.00. The Bertz CT molecular complexity index is 629. The average molecular weight is 423 g/mol. The minimum absolute atomic E-state index is 0.0826. The van der Waals surface area contributed by atoms with Crippen molar-refractivity contribution in [3.05, 3.63) is 42.0 Å². The van der Waals surface area contributed by atoms with Crippen LogP contribution in [-0.2, 0) is 15.8 Å². The van der Waals surface area contributed by atoms with Crippen LogP contribution in [-0.4, -0.2) is 39.3 Å². The Morgan fingerprint density at radius 3 is 2.10 bits per heavy atom. The molecule has 5 heteroatoms. The summed E-state index contributed by atoms with van der Waals surface area (Å²) in [6.07, 6.45) is 4.54. The Morgan fingerprint density at radius 1 is 1.07 bits per heavy atom.